The molecule has 0 aromatic carbocycles. The molecule has 2 atom stereocenters. The smallest absolute Gasteiger partial charge is 0.0133 e. The molecule has 2 saturated carbocycles. The third-order valence-electron chi connectivity index (χ3n) is 4.06. The first-order valence-electron chi connectivity index (χ1n) is 5.79. The predicted molar refractivity (Wildman–Crippen MR) is 58.1 cm³/mol. The van der Waals surface area contributed by atoms with Gasteiger partial charge in [0.15, 0.2) is 0 Å². The van der Waals surface area contributed by atoms with Crippen LogP contribution in [0.3, 0.4) is 0 Å². The first kappa shape index (κ1) is 8.60. The molecule has 2 aliphatic carbocycles. The first-order valence-corrected chi connectivity index (χ1v) is 6.94. The second-order valence-electron chi connectivity index (χ2n) is 4.84. The lowest BCUT2D eigenvalue weighted by Gasteiger charge is -2.23. The largest absolute Gasteiger partial charge is 0.311 e. The molecule has 0 bridgehead atoms. The van der Waals surface area contributed by atoms with Crippen molar-refractivity contribution in [3.05, 3.63) is 0 Å². The van der Waals surface area contributed by atoms with Crippen molar-refractivity contribution in [2.75, 3.05) is 11.5 Å². The van der Waals surface area contributed by atoms with Gasteiger partial charge in [0.2, 0.25) is 0 Å². The Morgan fingerprint density at radius 1 is 0.923 bits per heavy atom. The lowest BCUT2D eigenvalue weighted by atomic mass is 10.1. The number of fused-ring (bicyclic) bond motifs is 1. The van der Waals surface area contributed by atoms with Crippen LogP contribution in [0.25, 0.3) is 0 Å². The van der Waals surface area contributed by atoms with Crippen molar-refractivity contribution in [2.24, 2.45) is 11.8 Å². The molecule has 0 spiro atoms. The Hall–Kier alpha value is 0.310. The molecule has 1 heterocycles. The van der Waals surface area contributed by atoms with Crippen molar-refractivity contribution in [1.29, 1.82) is 0 Å². The average molecular weight is 197 g/mol. The number of hydrogen-bond acceptors (Lipinski definition) is 2. The minimum Gasteiger partial charge on any atom is -0.311 e. The summed E-state index contributed by atoms with van der Waals surface area (Å²) in [6, 6.07) is 1.82. The Bertz CT molecular complexity index is 179. The molecule has 2 unspecified atom stereocenters. The van der Waals surface area contributed by atoms with Crippen LogP contribution in [0.15, 0.2) is 0 Å². The Kier molecular flexibility index (Phi) is 2.30. The number of thioether (sulfide) groups is 1. The molecular weight excluding hydrogens is 178 g/mol. The summed E-state index contributed by atoms with van der Waals surface area (Å²) in [6.07, 6.45) is 7.38. The normalized spacial score (nSPS) is 44.8. The summed E-state index contributed by atoms with van der Waals surface area (Å²) < 4.78 is 0. The van der Waals surface area contributed by atoms with Crippen LogP contribution >= 0.6 is 11.8 Å². The van der Waals surface area contributed by atoms with E-state index < -0.39 is 0 Å². The summed E-state index contributed by atoms with van der Waals surface area (Å²) in [5, 5.41) is 3.88. The van der Waals surface area contributed by atoms with Crippen LogP contribution in [0.2, 0.25) is 0 Å². The molecule has 0 aromatic rings. The maximum Gasteiger partial charge on any atom is 0.0133 e. The van der Waals surface area contributed by atoms with Crippen LogP contribution in [0, 0.1) is 11.8 Å². The third-order valence-corrected chi connectivity index (χ3v) is 5.10. The van der Waals surface area contributed by atoms with Gasteiger partial charge in [-0.1, -0.05) is 6.42 Å². The van der Waals surface area contributed by atoms with Crippen molar-refractivity contribution in [3.63, 3.8) is 0 Å². The van der Waals surface area contributed by atoms with E-state index in [9.17, 15) is 0 Å². The van der Waals surface area contributed by atoms with Gasteiger partial charge in [-0.05, 0) is 49.0 Å². The van der Waals surface area contributed by atoms with Gasteiger partial charge in [-0.2, -0.15) is 11.8 Å². The molecule has 0 radical (unpaired) electrons. The highest BCUT2D eigenvalue weighted by Gasteiger charge is 2.52. The molecule has 1 nitrogen and oxygen atoms in total. The molecule has 1 saturated heterocycles. The highest BCUT2D eigenvalue weighted by molar-refractivity contribution is 7.99. The maximum atomic E-state index is 3.88. The molecule has 13 heavy (non-hydrogen) atoms. The number of nitrogens with one attached hydrogen (secondary N) is 1. The van der Waals surface area contributed by atoms with Crippen LogP contribution in [0.1, 0.15) is 32.1 Å². The van der Waals surface area contributed by atoms with Gasteiger partial charge < -0.3 is 5.32 Å². The Balaban J connectivity index is 1.47. The standard InChI is InChI=1S/C11H19NS/c1-2-9-10(3-1)11(9)12-8-4-6-13-7-5-8/h8-12H,1-7H2. The van der Waals surface area contributed by atoms with Crippen LogP contribution in [0.5, 0.6) is 0 Å². The van der Waals surface area contributed by atoms with E-state index in [1.807, 2.05) is 0 Å². The first-order chi connectivity index (χ1) is 6.45. The maximum absolute atomic E-state index is 3.88. The fourth-order valence-corrected chi connectivity index (χ4v) is 4.31. The lowest BCUT2D eigenvalue weighted by Crippen LogP contribution is -2.35. The van der Waals surface area contributed by atoms with E-state index in [1.165, 1.54) is 43.6 Å². The molecule has 2 heteroatoms. The molecule has 0 aromatic heterocycles. The van der Waals surface area contributed by atoms with Crippen molar-refractivity contribution in [2.45, 2.75) is 44.2 Å². The fraction of sp³-hybridized carbons (Fsp3) is 1.00. The zero-order valence-electron chi connectivity index (χ0n) is 8.17. The SMILES string of the molecule is C1CC2C(C1)C2NC1CCSCC1. The minimum atomic E-state index is 0.872. The molecule has 3 aliphatic rings. The summed E-state index contributed by atoms with van der Waals surface area (Å²) in [5.74, 6) is 4.96. The van der Waals surface area contributed by atoms with Gasteiger partial charge in [0, 0.05) is 12.1 Å². The summed E-state index contributed by atoms with van der Waals surface area (Å²) >= 11 is 2.13. The Morgan fingerprint density at radius 3 is 2.31 bits per heavy atom. The molecule has 3 rings (SSSR count). The molecule has 3 fully saturated rings. The zero-order chi connectivity index (χ0) is 8.67. The molecule has 1 N–H and O–H groups in total. The minimum absolute atomic E-state index is 0.872. The quantitative estimate of drug-likeness (QED) is 0.729. The molecule has 1 aliphatic heterocycles. The van der Waals surface area contributed by atoms with Gasteiger partial charge in [0.1, 0.15) is 0 Å². The van der Waals surface area contributed by atoms with Crippen LogP contribution in [-0.4, -0.2) is 23.6 Å². The molecule has 74 valence electrons. The van der Waals surface area contributed by atoms with E-state index in [2.05, 4.69) is 17.1 Å². The monoisotopic (exact) mass is 197 g/mol. The van der Waals surface area contributed by atoms with E-state index in [-0.39, 0.29) is 0 Å². The van der Waals surface area contributed by atoms with Gasteiger partial charge >= 0.3 is 0 Å². The summed E-state index contributed by atoms with van der Waals surface area (Å²) in [5.41, 5.74) is 0. The highest BCUT2D eigenvalue weighted by Crippen LogP contribution is 2.52. The Morgan fingerprint density at radius 2 is 1.62 bits per heavy atom. The highest BCUT2D eigenvalue weighted by atomic mass is 32.2. The number of rotatable bonds is 2. The van der Waals surface area contributed by atoms with Gasteiger partial charge in [0.25, 0.3) is 0 Å². The van der Waals surface area contributed by atoms with Gasteiger partial charge in [-0.15, -0.1) is 0 Å². The van der Waals surface area contributed by atoms with Gasteiger partial charge in [0.05, 0.1) is 0 Å². The number of hydrogen-bond donors (Lipinski definition) is 1. The van der Waals surface area contributed by atoms with Crippen molar-refractivity contribution in [1.82, 2.24) is 5.32 Å². The second kappa shape index (κ2) is 3.47. The second-order valence-corrected chi connectivity index (χ2v) is 6.06. The summed E-state index contributed by atoms with van der Waals surface area (Å²) in [6.45, 7) is 0. The van der Waals surface area contributed by atoms with E-state index in [0.29, 0.717) is 0 Å². The van der Waals surface area contributed by atoms with Gasteiger partial charge in [-0.3, -0.25) is 0 Å². The van der Waals surface area contributed by atoms with Crippen LogP contribution in [-0.2, 0) is 0 Å². The van der Waals surface area contributed by atoms with Crippen molar-refractivity contribution >= 4 is 11.8 Å². The topological polar surface area (TPSA) is 12.0 Å². The van der Waals surface area contributed by atoms with E-state index in [1.54, 1.807) is 0 Å². The molecular formula is C11H19NS. The van der Waals surface area contributed by atoms with E-state index >= 15 is 0 Å². The zero-order valence-corrected chi connectivity index (χ0v) is 8.98. The van der Waals surface area contributed by atoms with E-state index in [4.69, 9.17) is 0 Å². The van der Waals surface area contributed by atoms with Crippen LogP contribution < -0.4 is 5.32 Å². The van der Waals surface area contributed by atoms with E-state index in [0.717, 1.165) is 23.9 Å². The van der Waals surface area contributed by atoms with Gasteiger partial charge in [-0.25, -0.2) is 0 Å². The lowest BCUT2D eigenvalue weighted by molar-refractivity contribution is 0.441. The van der Waals surface area contributed by atoms with Crippen LogP contribution in [0.4, 0.5) is 0 Å². The summed E-state index contributed by atoms with van der Waals surface area (Å²) in [7, 11) is 0. The fourth-order valence-electron chi connectivity index (χ4n) is 3.21. The van der Waals surface area contributed by atoms with Crippen molar-refractivity contribution in [3.8, 4) is 0 Å². The van der Waals surface area contributed by atoms with Crippen molar-refractivity contribution < 1.29 is 0 Å². The summed E-state index contributed by atoms with van der Waals surface area (Å²) in [4.78, 5) is 0. The molecule has 0 amide bonds. The average Bonchev–Trinajstić information content (AvgIpc) is 2.65. The third kappa shape index (κ3) is 1.63. The Labute approximate surface area is 85.0 Å². The predicted octanol–water partition coefficient (Wildman–Crippen LogP) is 2.27.